The van der Waals surface area contributed by atoms with Gasteiger partial charge in [0.05, 0.1) is 0 Å². The van der Waals surface area contributed by atoms with Gasteiger partial charge in [0.15, 0.2) is 0 Å². The highest BCUT2D eigenvalue weighted by molar-refractivity contribution is 5.80. The SMILES string of the molecule is CC(=O)C1Cc2cc3c(cc2C1)C(C)=C(C1CC1)CC3. The van der Waals surface area contributed by atoms with Crippen LogP contribution >= 0.6 is 0 Å². The molecule has 1 atom stereocenters. The minimum Gasteiger partial charge on any atom is -0.300 e. The van der Waals surface area contributed by atoms with Crippen LogP contribution in [0.5, 0.6) is 0 Å². The molecule has 1 aromatic carbocycles. The highest BCUT2D eigenvalue weighted by Gasteiger charge is 2.32. The summed E-state index contributed by atoms with van der Waals surface area (Å²) >= 11 is 0. The zero-order chi connectivity index (χ0) is 13.9. The Hall–Kier alpha value is -1.37. The van der Waals surface area contributed by atoms with E-state index in [2.05, 4.69) is 19.1 Å². The molecule has 20 heavy (non-hydrogen) atoms. The molecule has 0 bridgehead atoms. The Kier molecular flexibility index (Phi) is 2.67. The Morgan fingerprint density at radius 1 is 1.05 bits per heavy atom. The first kappa shape index (κ1) is 12.4. The van der Waals surface area contributed by atoms with Crippen molar-refractivity contribution in [2.75, 3.05) is 0 Å². The van der Waals surface area contributed by atoms with Crippen molar-refractivity contribution in [2.24, 2.45) is 11.8 Å². The van der Waals surface area contributed by atoms with Gasteiger partial charge in [0.1, 0.15) is 5.78 Å². The minimum absolute atomic E-state index is 0.237. The summed E-state index contributed by atoms with van der Waals surface area (Å²) in [5.41, 5.74) is 9.14. The molecule has 1 heteroatoms. The highest BCUT2D eigenvalue weighted by atomic mass is 16.1. The van der Waals surface area contributed by atoms with E-state index in [4.69, 9.17) is 0 Å². The van der Waals surface area contributed by atoms with Crippen LogP contribution in [-0.4, -0.2) is 5.78 Å². The van der Waals surface area contributed by atoms with Crippen LogP contribution < -0.4 is 0 Å². The summed E-state index contributed by atoms with van der Waals surface area (Å²) in [6, 6.07) is 4.81. The van der Waals surface area contributed by atoms with Gasteiger partial charge in [-0.1, -0.05) is 17.7 Å². The lowest BCUT2D eigenvalue weighted by molar-refractivity contribution is -0.120. The molecule has 1 nitrogen and oxygen atoms in total. The van der Waals surface area contributed by atoms with Gasteiger partial charge in [-0.15, -0.1) is 0 Å². The molecule has 1 saturated carbocycles. The predicted molar refractivity (Wildman–Crippen MR) is 81.7 cm³/mol. The van der Waals surface area contributed by atoms with Crippen molar-refractivity contribution in [3.63, 3.8) is 0 Å². The lowest BCUT2D eigenvalue weighted by Crippen LogP contribution is -2.09. The molecule has 3 aliphatic rings. The molecule has 0 N–H and O–H groups in total. The molecular formula is C19H22O. The third-order valence-corrected chi connectivity index (χ3v) is 5.55. The van der Waals surface area contributed by atoms with Crippen LogP contribution in [0.25, 0.3) is 5.57 Å². The number of hydrogen-bond acceptors (Lipinski definition) is 1. The summed E-state index contributed by atoms with van der Waals surface area (Å²) in [4.78, 5) is 11.6. The first-order valence-corrected chi connectivity index (χ1v) is 7.98. The molecule has 1 aromatic rings. The molecule has 0 saturated heterocycles. The number of carbonyl (C=O) groups is 1. The second-order valence-electron chi connectivity index (χ2n) is 6.92. The normalized spacial score (nSPS) is 24.6. The average molecular weight is 266 g/mol. The maximum Gasteiger partial charge on any atom is 0.133 e. The van der Waals surface area contributed by atoms with E-state index in [-0.39, 0.29) is 5.92 Å². The molecule has 0 spiro atoms. The Morgan fingerprint density at radius 2 is 1.75 bits per heavy atom. The van der Waals surface area contributed by atoms with Gasteiger partial charge in [0, 0.05) is 5.92 Å². The van der Waals surface area contributed by atoms with E-state index >= 15 is 0 Å². The number of hydrogen-bond donors (Lipinski definition) is 0. The third-order valence-electron chi connectivity index (χ3n) is 5.55. The lowest BCUT2D eigenvalue weighted by Gasteiger charge is -2.22. The molecule has 4 rings (SSSR count). The molecule has 0 heterocycles. The smallest absolute Gasteiger partial charge is 0.133 e. The zero-order valence-corrected chi connectivity index (χ0v) is 12.5. The summed E-state index contributed by atoms with van der Waals surface area (Å²) < 4.78 is 0. The quantitative estimate of drug-likeness (QED) is 0.787. The van der Waals surface area contributed by atoms with Gasteiger partial charge in [0.2, 0.25) is 0 Å². The van der Waals surface area contributed by atoms with Crippen molar-refractivity contribution < 1.29 is 4.79 Å². The Bertz CT molecular complexity index is 631. The van der Waals surface area contributed by atoms with Gasteiger partial charge in [-0.3, -0.25) is 4.79 Å². The van der Waals surface area contributed by atoms with Crippen LogP contribution in [-0.2, 0) is 24.1 Å². The number of benzene rings is 1. The summed E-state index contributed by atoms with van der Waals surface area (Å²) in [5, 5.41) is 0. The van der Waals surface area contributed by atoms with Crippen LogP contribution in [0.4, 0.5) is 0 Å². The van der Waals surface area contributed by atoms with Crippen molar-refractivity contribution in [3.05, 3.63) is 40.0 Å². The fourth-order valence-electron chi connectivity index (χ4n) is 4.14. The number of aryl methyl sites for hydroxylation is 1. The van der Waals surface area contributed by atoms with Crippen molar-refractivity contribution in [1.29, 1.82) is 0 Å². The summed E-state index contributed by atoms with van der Waals surface area (Å²) in [7, 11) is 0. The van der Waals surface area contributed by atoms with Gasteiger partial charge < -0.3 is 0 Å². The van der Waals surface area contributed by atoms with E-state index in [0.29, 0.717) is 5.78 Å². The Morgan fingerprint density at radius 3 is 2.40 bits per heavy atom. The third kappa shape index (κ3) is 1.87. The number of rotatable bonds is 2. The van der Waals surface area contributed by atoms with Crippen LogP contribution in [0.15, 0.2) is 17.7 Å². The summed E-state index contributed by atoms with van der Waals surface area (Å²) in [6.45, 7) is 4.06. The van der Waals surface area contributed by atoms with Crippen LogP contribution in [0.3, 0.4) is 0 Å². The van der Waals surface area contributed by atoms with Gasteiger partial charge >= 0.3 is 0 Å². The Labute approximate surface area is 121 Å². The average Bonchev–Trinajstić information content (AvgIpc) is 3.16. The van der Waals surface area contributed by atoms with E-state index in [0.717, 1.165) is 18.8 Å². The number of Topliss-reactive ketones (excluding diaryl/α,β-unsaturated/α-hetero) is 1. The molecule has 0 radical (unpaired) electrons. The lowest BCUT2D eigenvalue weighted by atomic mass is 9.83. The number of ketones is 1. The predicted octanol–water partition coefficient (Wildman–Crippen LogP) is 4.12. The summed E-state index contributed by atoms with van der Waals surface area (Å²) in [6.07, 6.45) is 7.20. The topological polar surface area (TPSA) is 17.1 Å². The molecule has 1 fully saturated rings. The molecule has 0 aliphatic heterocycles. The van der Waals surface area contributed by atoms with E-state index in [1.807, 2.05) is 0 Å². The molecular weight excluding hydrogens is 244 g/mol. The van der Waals surface area contributed by atoms with Crippen LogP contribution in [0, 0.1) is 11.8 Å². The van der Waals surface area contributed by atoms with E-state index in [9.17, 15) is 4.79 Å². The molecule has 1 unspecified atom stereocenters. The van der Waals surface area contributed by atoms with Crippen LogP contribution in [0.1, 0.15) is 55.4 Å². The number of fused-ring (bicyclic) bond motifs is 2. The molecule has 0 amide bonds. The van der Waals surface area contributed by atoms with E-state index < -0.39 is 0 Å². The van der Waals surface area contributed by atoms with Crippen molar-refractivity contribution in [1.82, 2.24) is 0 Å². The first-order valence-electron chi connectivity index (χ1n) is 7.98. The second-order valence-corrected chi connectivity index (χ2v) is 6.92. The van der Waals surface area contributed by atoms with Crippen molar-refractivity contribution in [2.45, 2.75) is 52.4 Å². The molecule has 104 valence electrons. The van der Waals surface area contributed by atoms with E-state index in [1.165, 1.54) is 47.9 Å². The number of carbonyl (C=O) groups excluding carboxylic acids is 1. The molecule has 3 aliphatic carbocycles. The van der Waals surface area contributed by atoms with Crippen LogP contribution in [0.2, 0.25) is 0 Å². The molecule has 0 aromatic heterocycles. The van der Waals surface area contributed by atoms with Gasteiger partial charge in [-0.25, -0.2) is 0 Å². The second kappa shape index (κ2) is 4.31. The van der Waals surface area contributed by atoms with Gasteiger partial charge in [0.25, 0.3) is 0 Å². The summed E-state index contributed by atoms with van der Waals surface area (Å²) in [5.74, 6) is 1.48. The monoisotopic (exact) mass is 266 g/mol. The largest absolute Gasteiger partial charge is 0.300 e. The maximum absolute atomic E-state index is 11.6. The number of allylic oxidation sites excluding steroid dienone is 2. The maximum atomic E-state index is 11.6. The Balaban J connectivity index is 1.75. The van der Waals surface area contributed by atoms with E-state index in [1.54, 1.807) is 18.1 Å². The fraction of sp³-hybridized carbons (Fsp3) is 0.526. The van der Waals surface area contributed by atoms with Crippen molar-refractivity contribution >= 4 is 11.4 Å². The van der Waals surface area contributed by atoms with Gasteiger partial charge in [-0.05, 0) is 86.1 Å². The zero-order valence-electron chi connectivity index (χ0n) is 12.5. The highest BCUT2D eigenvalue weighted by Crippen LogP contribution is 2.46. The van der Waals surface area contributed by atoms with Gasteiger partial charge in [-0.2, -0.15) is 0 Å². The van der Waals surface area contributed by atoms with Crippen molar-refractivity contribution in [3.8, 4) is 0 Å². The first-order chi connectivity index (χ1) is 9.63. The standard InChI is InChI=1S/C19H22O/c1-11-18(13-3-4-13)6-5-14-7-16-8-15(12(2)20)9-17(16)10-19(11)14/h7,10,13,15H,3-6,8-9H2,1-2H3. The minimum atomic E-state index is 0.237. The fourth-order valence-corrected chi connectivity index (χ4v) is 4.14.